The molecule has 1 aromatic heterocycles. The number of hydrogen-bond acceptors (Lipinski definition) is 5. The van der Waals surface area contributed by atoms with Crippen molar-refractivity contribution in [3.63, 3.8) is 0 Å². The number of ether oxygens (including phenoxy) is 2. The van der Waals surface area contributed by atoms with Gasteiger partial charge in [0.05, 0.1) is 12.2 Å². The lowest BCUT2D eigenvalue weighted by Gasteiger charge is -2.22. The second-order valence-electron chi connectivity index (χ2n) is 6.24. The van der Waals surface area contributed by atoms with Crippen LogP contribution in [-0.2, 0) is 11.3 Å². The molecule has 0 bridgehead atoms. The second kappa shape index (κ2) is 8.54. The summed E-state index contributed by atoms with van der Waals surface area (Å²) in [6, 6.07) is 12.5. The molecule has 0 unspecified atom stereocenters. The molecule has 0 N–H and O–H groups in total. The van der Waals surface area contributed by atoms with Gasteiger partial charge in [0.1, 0.15) is 24.2 Å². The van der Waals surface area contributed by atoms with Gasteiger partial charge in [0.2, 0.25) is 0 Å². The second-order valence-corrected chi connectivity index (χ2v) is 6.24. The number of carbonyl (C=O) groups is 1. The molecule has 1 amide bonds. The maximum Gasteiger partial charge on any atom is 0.289 e. The van der Waals surface area contributed by atoms with Crippen molar-refractivity contribution in [1.82, 2.24) is 4.90 Å². The minimum Gasteiger partial charge on any atom is -0.484 e. The Morgan fingerprint density at radius 3 is 2.92 bits per heavy atom. The summed E-state index contributed by atoms with van der Waals surface area (Å²) < 4.78 is 16.7. The molecule has 136 valence electrons. The van der Waals surface area contributed by atoms with Gasteiger partial charge in [-0.05, 0) is 37.6 Å². The first-order valence-electron chi connectivity index (χ1n) is 8.79. The van der Waals surface area contributed by atoms with Gasteiger partial charge in [-0.3, -0.25) is 4.79 Å². The molecule has 1 aliphatic rings. The molecule has 0 saturated carbocycles. The Morgan fingerprint density at radius 2 is 2.19 bits per heavy atom. The molecule has 0 radical (unpaired) electrons. The van der Waals surface area contributed by atoms with Gasteiger partial charge in [-0.1, -0.05) is 12.1 Å². The summed E-state index contributed by atoms with van der Waals surface area (Å²) in [6.45, 7) is 4.89. The van der Waals surface area contributed by atoms with Crippen LogP contribution in [0.25, 0.3) is 0 Å². The largest absolute Gasteiger partial charge is 0.484 e. The van der Waals surface area contributed by atoms with E-state index in [1.807, 2.05) is 6.92 Å². The number of rotatable bonds is 7. The SMILES string of the molecule is CCN(C[C@H]1CCOC1)C(=O)c1ccc(COc2ccccc2C#N)o1. The van der Waals surface area contributed by atoms with Crippen LogP contribution in [0.5, 0.6) is 5.75 Å². The lowest BCUT2D eigenvalue weighted by molar-refractivity contribution is 0.0695. The van der Waals surface area contributed by atoms with E-state index < -0.39 is 0 Å². The van der Waals surface area contributed by atoms with Gasteiger partial charge in [-0.15, -0.1) is 0 Å². The van der Waals surface area contributed by atoms with Crippen molar-refractivity contribution < 1.29 is 18.7 Å². The fourth-order valence-corrected chi connectivity index (χ4v) is 2.95. The lowest BCUT2D eigenvalue weighted by Crippen LogP contribution is -2.35. The van der Waals surface area contributed by atoms with Crippen molar-refractivity contribution in [1.29, 1.82) is 5.26 Å². The molecule has 6 nitrogen and oxygen atoms in total. The molecule has 0 spiro atoms. The molecule has 26 heavy (non-hydrogen) atoms. The molecule has 6 heteroatoms. The predicted octanol–water partition coefficient (Wildman–Crippen LogP) is 3.23. The molecule has 1 aromatic carbocycles. The van der Waals surface area contributed by atoms with E-state index in [0.29, 0.717) is 48.4 Å². The topological polar surface area (TPSA) is 75.7 Å². The van der Waals surface area contributed by atoms with Gasteiger partial charge in [-0.2, -0.15) is 5.26 Å². The van der Waals surface area contributed by atoms with E-state index in [1.165, 1.54) is 0 Å². The van der Waals surface area contributed by atoms with Crippen LogP contribution < -0.4 is 4.74 Å². The third-order valence-corrected chi connectivity index (χ3v) is 4.42. The van der Waals surface area contributed by atoms with Gasteiger partial charge < -0.3 is 18.8 Å². The van der Waals surface area contributed by atoms with Crippen molar-refractivity contribution in [3.05, 3.63) is 53.5 Å². The first-order chi connectivity index (χ1) is 12.7. The van der Waals surface area contributed by atoms with E-state index in [-0.39, 0.29) is 12.5 Å². The van der Waals surface area contributed by atoms with Crippen LogP contribution in [0.4, 0.5) is 0 Å². The molecule has 1 saturated heterocycles. The Bertz CT molecular complexity index is 787. The van der Waals surface area contributed by atoms with Crippen molar-refractivity contribution in [2.75, 3.05) is 26.3 Å². The van der Waals surface area contributed by atoms with Crippen LogP contribution >= 0.6 is 0 Å². The number of furan rings is 1. The Morgan fingerprint density at radius 1 is 1.35 bits per heavy atom. The van der Waals surface area contributed by atoms with Crippen LogP contribution in [0.3, 0.4) is 0 Å². The Kier molecular flexibility index (Phi) is 5.92. The van der Waals surface area contributed by atoms with Crippen molar-refractivity contribution in [3.8, 4) is 11.8 Å². The maximum atomic E-state index is 12.7. The molecule has 2 aromatic rings. The average molecular weight is 354 g/mol. The summed E-state index contributed by atoms with van der Waals surface area (Å²) in [5.41, 5.74) is 0.464. The molecule has 1 atom stereocenters. The fourth-order valence-electron chi connectivity index (χ4n) is 2.95. The van der Waals surface area contributed by atoms with E-state index >= 15 is 0 Å². The van der Waals surface area contributed by atoms with E-state index in [1.54, 1.807) is 41.3 Å². The zero-order valence-corrected chi connectivity index (χ0v) is 14.8. The van der Waals surface area contributed by atoms with Crippen molar-refractivity contribution >= 4 is 5.91 Å². The van der Waals surface area contributed by atoms with Gasteiger partial charge >= 0.3 is 0 Å². The van der Waals surface area contributed by atoms with E-state index in [2.05, 4.69) is 6.07 Å². The summed E-state index contributed by atoms with van der Waals surface area (Å²) in [7, 11) is 0. The number of nitrogens with zero attached hydrogens (tertiary/aromatic N) is 2. The number of carbonyl (C=O) groups excluding carboxylic acids is 1. The third-order valence-electron chi connectivity index (χ3n) is 4.42. The summed E-state index contributed by atoms with van der Waals surface area (Å²) >= 11 is 0. The minimum absolute atomic E-state index is 0.122. The highest BCUT2D eigenvalue weighted by Gasteiger charge is 2.24. The highest BCUT2D eigenvalue weighted by Crippen LogP contribution is 2.20. The molecular weight excluding hydrogens is 332 g/mol. The summed E-state index contributed by atoms with van der Waals surface area (Å²) in [4.78, 5) is 14.4. The number of hydrogen-bond donors (Lipinski definition) is 0. The summed E-state index contributed by atoms with van der Waals surface area (Å²) in [5.74, 6) is 1.61. The van der Waals surface area contributed by atoms with Crippen LogP contribution in [0.1, 0.15) is 35.2 Å². The van der Waals surface area contributed by atoms with E-state index in [0.717, 1.165) is 13.0 Å². The van der Waals surface area contributed by atoms with E-state index in [9.17, 15) is 4.79 Å². The first-order valence-corrected chi connectivity index (χ1v) is 8.79. The Balaban J connectivity index is 1.61. The van der Waals surface area contributed by atoms with Crippen LogP contribution in [0.2, 0.25) is 0 Å². The summed E-state index contributed by atoms with van der Waals surface area (Å²) in [5, 5.41) is 9.09. The van der Waals surface area contributed by atoms with Crippen LogP contribution in [0, 0.1) is 17.2 Å². The highest BCUT2D eigenvalue weighted by molar-refractivity contribution is 5.91. The predicted molar refractivity (Wildman–Crippen MR) is 94.7 cm³/mol. The zero-order valence-electron chi connectivity index (χ0n) is 14.8. The van der Waals surface area contributed by atoms with Gasteiger partial charge in [0.15, 0.2) is 5.76 Å². The fraction of sp³-hybridized carbons (Fsp3) is 0.400. The smallest absolute Gasteiger partial charge is 0.289 e. The Hall–Kier alpha value is -2.78. The zero-order chi connectivity index (χ0) is 18.4. The average Bonchev–Trinajstić information content (AvgIpc) is 3.36. The quantitative estimate of drug-likeness (QED) is 0.763. The Labute approximate surface area is 152 Å². The van der Waals surface area contributed by atoms with E-state index in [4.69, 9.17) is 19.2 Å². The van der Waals surface area contributed by atoms with Crippen molar-refractivity contribution in [2.24, 2.45) is 5.92 Å². The normalized spacial score (nSPS) is 16.2. The maximum absolute atomic E-state index is 12.7. The summed E-state index contributed by atoms with van der Waals surface area (Å²) in [6.07, 6.45) is 0.985. The highest BCUT2D eigenvalue weighted by atomic mass is 16.5. The number of nitriles is 1. The third kappa shape index (κ3) is 4.24. The van der Waals surface area contributed by atoms with Gasteiger partial charge in [0.25, 0.3) is 5.91 Å². The molecular formula is C20H22N2O4. The van der Waals surface area contributed by atoms with Crippen LogP contribution in [-0.4, -0.2) is 37.1 Å². The van der Waals surface area contributed by atoms with Gasteiger partial charge in [-0.25, -0.2) is 0 Å². The van der Waals surface area contributed by atoms with Crippen molar-refractivity contribution in [2.45, 2.75) is 20.0 Å². The molecule has 2 heterocycles. The minimum atomic E-state index is -0.122. The van der Waals surface area contributed by atoms with Gasteiger partial charge in [0, 0.05) is 25.6 Å². The van der Waals surface area contributed by atoms with Crippen LogP contribution in [0.15, 0.2) is 40.8 Å². The monoisotopic (exact) mass is 354 g/mol. The molecule has 0 aliphatic carbocycles. The number of amides is 1. The molecule has 1 aliphatic heterocycles. The number of benzene rings is 1. The lowest BCUT2D eigenvalue weighted by atomic mass is 10.1. The standard InChI is InChI=1S/C20H22N2O4/c1-2-22(12-15-9-10-24-13-15)20(23)19-8-7-17(26-19)14-25-18-6-4-3-5-16(18)11-21/h3-8,15H,2,9-10,12-14H2,1H3/t15-/m1/s1. The number of para-hydroxylation sites is 1. The first kappa shape index (κ1) is 18.0. The molecule has 1 fully saturated rings. The molecule has 3 rings (SSSR count).